The van der Waals surface area contributed by atoms with Gasteiger partial charge in [0.2, 0.25) is 5.95 Å². The summed E-state index contributed by atoms with van der Waals surface area (Å²) in [7, 11) is 0. The second-order valence-corrected chi connectivity index (χ2v) is 5.72. The molecule has 2 aromatic rings. The number of ether oxygens (including phenoxy) is 1. The van der Waals surface area contributed by atoms with Gasteiger partial charge in [-0.2, -0.15) is 4.98 Å². The van der Waals surface area contributed by atoms with E-state index in [9.17, 15) is 15.0 Å². The molecule has 2 aromatic heterocycles. The predicted molar refractivity (Wildman–Crippen MR) is 89.0 cm³/mol. The lowest BCUT2D eigenvalue weighted by Gasteiger charge is -2.18. The summed E-state index contributed by atoms with van der Waals surface area (Å²) in [6, 6.07) is 0. The number of terminal acetylenes is 2. The largest absolute Gasteiger partial charge is 0.389 e. The summed E-state index contributed by atoms with van der Waals surface area (Å²) in [6.45, 7) is 0.00156. The molecular weight excluding hydrogens is 326 g/mol. The topological polar surface area (TPSA) is 128 Å². The minimum atomic E-state index is -1.04. The lowest BCUT2D eigenvalue weighted by atomic mass is 10.1. The fourth-order valence-corrected chi connectivity index (χ4v) is 2.96. The van der Waals surface area contributed by atoms with Crippen molar-refractivity contribution in [1.82, 2.24) is 19.1 Å². The molecule has 0 saturated carbocycles. The number of anilines is 1. The number of nitrogens with two attached hydrogens (primary N) is 1. The zero-order chi connectivity index (χ0) is 18.1. The molecule has 0 aliphatic carbocycles. The Kier molecular flexibility index (Phi) is 4.47. The van der Waals surface area contributed by atoms with Crippen LogP contribution in [0.3, 0.4) is 0 Å². The Morgan fingerprint density at radius 2 is 2.24 bits per heavy atom. The molecule has 1 fully saturated rings. The minimum Gasteiger partial charge on any atom is -0.389 e. The Bertz CT molecular complexity index is 935. The van der Waals surface area contributed by atoms with E-state index >= 15 is 0 Å². The second-order valence-electron chi connectivity index (χ2n) is 5.72. The van der Waals surface area contributed by atoms with Crippen LogP contribution < -0.4 is 11.4 Å². The van der Waals surface area contributed by atoms with Crippen molar-refractivity contribution in [2.24, 2.45) is 0 Å². The molecule has 3 heterocycles. The van der Waals surface area contributed by atoms with E-state index in [1.54, 1.807) is 0 Å². The van der Waals surface area contributed by atoms with Gasteiger partial charge in [-0.1, -0.05) is 5.92 Å². The number of nitrogens with zero attached hydrogens (tertiary/aromatic N) is 4. The SMILES string of the molecule is C#CCC(O)[C@@H]1C[C@@H](O)[C@H](n2c(=O)n(CC#C)c3cnc(N)nc32)O1. The Hall–Kier alpha value is -2.85. The number of fused-ring (bicyclic) bond motifs is 1. The van der Waals surface area contributed by atoms with E-state index in [4.69, 9.17) is 23.3 Å². The maximum Gasteiger partial charge on any atom is 0.333 e. The van der Waals surface area contributed by atoms with Gasteiger partial charge in [-0.25, -0.2) is 14.3 Å². The van der Waals surface area contributed by atoms with Crippen LogP contribution in [0.2, 0.25) is 0 Å². The summed E-state index contributed by atoms with van der Waals surface area (Å²) in [4.78, 5) is 20.7. The van der Waals surface area contributed by atoms with Crippen molar-refractivity contribution in [3.8, 4) is 24.7 Å². The van der Waals surface area contributed by atoms with Crippen molar-refractivity contribution in [2.75, 3.05) is 5.73 Å². The maximum absolute atomic E-state index is 12.8. The van der Waals surface area contributed by atoms with Crippen LogP contribution in [-0.4, -0.2) is 47.6 Å². The normalized spacial score (nSPS) is 24.1. The van der Waals surface area contributed by atoms with Gasteiger partial charge in [0, 0.05) is 12.8 Å². The third-order valence-electron chi connectivity index (χ3n) is 4.10. The highest BCUT2D eigenvalue weighted by atomic mass is 16.5. The molecular formula is C16H17N5O4. The molecule has 4 N–H and O–H groups in total. The summed E-state index contributed by atoms with van der Waals surface area (Å²) in [5.74, 6) is 4.70. The average molecular weight is 343 g/mol. The third kappa shape index (κ3) is 2.85. The Balaban J connectivity index is 2.08. The quantitative estimate of drug-likeness (QED) is 0.597. The number of hydrogen-bond acceptors (Lipinski definition) is 7. The first-order chi connectivity index (χ1) is 12.0. The van der Waals surface area contributed by atoms with E-state index in [-0.39, 0.29) is 31.0 Å². The molecule has 9 nitrogen and oxygen atoms in total. The molecule has 0 aromatic carbocycles. The molecule has 130 valence electrons. The second kappa shape index (κ2) is 6.57. The number of aliphatic hydroxyl groups is 2. The highest BCUT2D eigenvalue weighted by Crippen LogP contribution is 2.32. The van der Waals surface area contributed by atoms with E-state index in [0.717, 1.165) is 0 Å². The summed E-state index contributed by atoms with van der Waals surface area (Å²) in [5, 5.41) is 20.4. The molecule has 1 aliphatic rings. The molecule has 3 rings (SSSR count). The van der Waals surface area contributed by atoms with Crippen molar-refractivity contribution >= 4 is 17.1 Å². The van der Waals surface area contributed by atoms with E-state index in [2.05, 4.69) is 21.8 Å². The number of imidazole rings is 1. The molecule has 1 unspecified atom stereocenters. The summed E-state index contributed by atoms with van der Waals surface area (Å²) >= 11 is 0. The van der Waals surface area contributed by atoms with Crippen LogP contribution in [0.1, 0.15) is 19.1 Å². The number of aliphatic hydroxyl groups excluding tert-OH is 2. The number of aromatic nitrogens is 4. The number of hydrogen-bond donors (Lipinski definition) is 3. The van der Waals surface area contributed by atoms with Crippen molar-refractivity contribution in [3.63, 3.8) is 0 Å². The van der Waals surface area contributed by atoms with E-state index in [0.29, 0.717) is 5.52 Å². The molecule has 0 amide bonds. The van der Waals surface area contributed by atoms with Gasteiger partial charge in [-0.3, -0.25) is 4.57 Å². The van der Waals surface area contributed by atoms with E-state index in [1.165, 1.54) is 15.3 Å². The first-order valence-corrected chi connectivity index (χ1v) is 7.59. The average Bonchev–Trinajstić information content (AvgIpc) is 3.06. The van der Waals surface area contributed by atoms with Crippen LogP contribution in [0, 0.1) is 24.7 Å². The van der Waals surface area contributed by atoms with Gasteiger partial charge in [0.25, 0.3) is 0 Å². The van der Waals surface area contributed by atoms with Gasteiger partial charge in [0.05, 0.1) is 24.9 Å². The Morgan fingerprint density at radius 3 is 2.92 bits per heavy atom. The van der Waals surface area contributed by atoms with Crippen LogP contribution in [0.4, 0.5) is 5.95 Å². The maximum atomic E-state index is 12.8. The summed E-state index contributed by atoms with van der Waals surface area (Å²) in [5.41, 5.74) is 5.69. The molecule has 9 heteroatoms. The van der Waals surface area contributed by atoms with Gasteiger partial charge in [-0.15, -0.1) is 18.8 Å². The van der Waals surface area contributed by atoms with Gasteiger partial charge in [-0.05, 0) is 0 Å². The van der Waals surface area contributed by atoms with Crippen LogP contribution in [-0.2, 0) is 11.3 Å². The molecule has 1 aliphatic heterocycles. The lowest BCUT2D eigenvalue weighted by molar-refractivity contribution is -0.0740. The smallest absolute Gasteiger partial charge is 0.333 e. The van der Waals surface area contributed by atoms with E-state index in [1.807, 2.05) is 0 Å². The van der Waals surface area contributed by atoms with Gasteiger partial charge in [0.1, 0.15) is 11.6 Å². The molecule has 0 bridgehead atoms. The highest BCUT2D eigenvalue weighted by molar-refractivity contribution is 5.72. The van der Waals surface area contributed by atoms with Crippen LogP contribution in [0.25, 0.3) is 11.2 Å². The van der Waals surface area contributed by atoms with Gasteiger partial charge in [0.15, 0.2) is 11.9 Å². The summed E-state index contributed by atoms with van der Waals surface area (Å²) < 4.78 is 8.16. The van der Waals surface area contributed by atoms with Crippen LogP contribution in [0.5, 0.6) is 0 Å². The van der Waals surface area contributed by atoms with Crippen molar-refractivity contribution in [3.05, 3.63) is 16.7 Å². The third-order valence-corrected chi connectivity index (χ3v) is 4.10. The van der Waals surface area contributed by atoms with Crippen molar-refractivity contribution < 1.29 is 14.9 Å². The summed E-state index contributed by atoms with van der Waals surface area (Å²) in [6.07, 6.45) is 8.38. The fourth-order valence-electron chi connectivity index (χ4n) is 2.96. The minimum absolute atomic E-state index is 0.00156. The van der Waals surface area contributed by atoms with Crippen LogP contribution >= 0.6 is 0 Å². The molecule has 4 atom stereocenters. The number of nitrogen functional groups attached to an aromatic ring is 1. The zero-order valence-electron chi connectivity index (χ0n) is 13.2. The predicted octanol–water partition coefficient (Wildman–Crippen LogP) is -1.16. The first kappa shape index (κ1) is 17.0. The molecule has 0 spiro atoms. The van der Waals surface area contributed by atoms with E-state index < -0.39 is 30.2 Å². The van der Waals surface area contributed by atoms with Gasteiger partial charge >= 0.3 is 5.69 Å². The van der Waals surface area contributed by atoms with Crippen molar-refractivity contribution in [2.45, 2.75) is 43.9 Å². The molecule has 1 saturated heterocycles. The van der Waals surface area contributed by atoms with Gasteiger partial charge < -0.3 is 20.7 Å². The Morgan fingerprint density at radius 1 is 1.48 bits per heavy atom. The standard InChI is InChI=1S/C16H17N5O4/c1-3-5-10(22)12-7-11(23)14(25-12)21-13-9(8-18-15(17)19-13)20(6-4-2)16(21)24/h1-2,8,10-12,14,22-23H,5-7H2,(H2,17,18,19)/t10?,11-,12+,14-/m1/s1. The van der Waals surface area contributed by atoms with Crippen molar-refractivity contribution in [1.29, 1.82) is 0 Å². The number of rotatable bonds is 4. The Labute approximate surface area is 143 Å². The zero-order valence-corrected chi connectivity index (χ0v) is 13.2. The van der Waals surface area contributed by atoms with Crippen LogP contribution in [0.15, 0.2) is 11.0 Å². The molecule has 0 radical (unpaired) electrons. The fraction of sp³-hybridized carbons (Fsp3) is 0.438. The highest BCUT2D eigenvalue weighted by Gasteiger charge is 2.40. The molecule has 25 heavy (non-hydrogen) atoms. The lowest BCUT2D eigenvalue weighted by Crippen LogP contribution is -2.32. The first-order valence-electron chi connectivity index (χ1n) is 7.59. The monoisotopic (exact) mass is 343 g/mol.